The highest BCUT2D eigenvalue weighted by Crippen LogP contribution is 2.24. The molecule has 0 unspecified atom stereocenters. The fourth-order valence-electron chi connectivity index (χ4n) is 2.69. The van der Waals surface area contributed by atoms with Gasteiger partial charge in [-0.3, -0.25) is 0 Å². The highest BCUT2D eigenvalue weighted by atomic mass is 16.6. The number of unbranched alkanes of at least 4 members (excludes halogenated alkanes) is 1. The van der Waals surface area contributed by atoms with E-state index in [0.717, 1.165) is 19.4 Å². The standard InChI is InChI=1S/C20H29NO2/c1-5-6-7-16-8-10-17(11-9-16)18-12-14-21(15-13-18)19(22)23-20(2,3)4/h8-12H,5-7,13-15H2,1-4H3. The van der Waals surface area contributed by atoms with Crippen LogP contribution in [0.15, 0.2) is 30.3 Å². The van der Waals surface area contributed by atoms with Crippen molar-refractivity contribution in [3.05, 3.63) is 41.5 Å². The molecule has 23 heavy (non-hydrogen) atoms. The van der Waals surface area contributed by atoms with Gasteiger partial charge in [0.05, 0.1) is 0 Å². The average Bonchev–Trinajstić information content (AvgIpc) is 2.52. The first kappa shape index (κ1) is 17.6. The van der Waals surface area contributed by atoms with Crippen molar-refractivity contribution >= 4 is 11.7 Å². The normalized spacial score (nSPS) is 15.3. The minimum absolute atomic E-state index is 0.220. The summed E-state index contributed by atoms with van der Waals surface area (Å²) in [5, 5.41) is 0. The number of benzene rings is 1. The van der Waals surface area contributed by atoms with Gasteiger partial charge >= 0.3 is 6.09 Å². The second-order valence-corrected chi connectivity index (χ2v) is 7.21. The molecule has 0 bridgehead atoms. The second-order valence-electron chi connectivity index (χ2n) is 7.21. The molecule has 0 aliphatic carbocycles. The van der Waals surface area contributed by atoms with Crippen LogP contribution >= 0.6 is 0 Å². The molecule has 1 aliphatic rings. The second kappa shape index (κ2) is 7.67. The zero-order valence-electron chi connectivity index (χ0n) is 14.9. The number of carbonyl (C=O) groups is 1. The van der Waals surface area contributed by atoms with Gasteiger partial charge in [0.1, 0.15) is 5.60 Å². The van der Waals surface area contributed by atoms with Crippen molar-refractivity contribution in [2.75, 3.05) is 13.1 Å². The number of aryl methyl sites for hydroxylation is 1. The fraction of sp³-hybridized carbons (Fsp3) is 0.550. The molecule has 3 heteroatoms. The van der Waals surface area contributed by atoms with Gasteiger partial charge in [-0.05, 0) is 56.7 Å². The Morgan fingerprint density at radius 1 is 1.22 bits per heavy atom. The molecule has 126 valence electrons. The van der Waals surface area contributed by atoms with Gasteiger partial charge in [-0.15, -0.1) is 0 Å². The first-order valence-electron chi connectivity index (χ1n) is 8.65. The van der Waals surface area contributed by atoms with Gasteiger partial charge in [-0.25, -0.2) is 4.79 Å². The quantitative estimate of drug-likeness (QED) is 0.778. The number of hydrogen-bond donors (Lipinski definition) is 0. The molecule has 0 radical (unpaired) electrons. The molecule has 0 saturated carbocycles. The van der Waals surface area contributed by atoms with Crippen molar-refractivity contribution < 1.29 is 9.53 Å². The van der Waals surface area contributed by atoms with Crippen LogP contribution in [0.2, 0.25) is 0 Å². The van der Waals surface area contributed by atoms with Crippen LogP contribution in [0.1, 0.15) is 58.1 Å². The molecule has 0 saturated heterocycles. The Labute approximate surface area is 140 Å². The first-order valence-corrected chi connectivity index (χ1v) is 8.65. The largest absolute Gasteiger partial charge is 0.444 e. The lowest BCUT2D eigenvalue weighted by molar-refractivity contribution is 0.0270. The zero-order chi connectivity index (χ0) is 16.9. The summed E-state index contributed by atoms with van der Waals surface area (Å²) in [5.74, 6) is 0. The van der Waals surface area contributed by atoms with E-state index in [1.807, 2.05) is 20.8 Å². The SMILES string of the molecule is CCCCc1ccc(C2=CCN(C(=O)OC(C)(C)C)CC2)cc1. The number of hydrogen-bond acceptors (Lipinski definition) is 2. The molecule has 1 amide bonds. The van der Waals surface area contributed by atoms with Crippen LogP contribution in [0.25, 0.3) is 5.57 Å². The highest BCUT2D eigenvalue weighted by molar-refractivity contribution is 5.72. The molecular formula is C20H29NO2. The van der Waals surface area contributed by atoms with Gasteiger partial charge in [0.25, 0.3) is 0 Å². The Hall–Kier alpha value is -1.77. The van der Waals surface area contributed by atoms with E-state index in [2.05, 4.69) is 37.3 Å². The van der Waals surface area contributed by atoms with E-state index in [4.69, 9.17) is 4.74 Å². The maximum Gasteiger partial charge on any atom is 0.410 e. The molecule has 1 heterocycles. The summed E-state index contributed by atoms with van der Waals surface area (Å²) in [6.45, 7) is 9.26. The van der Waals surface area contributed by atoms with Crippen molar-refractivity contribution in [3.8, 4) is 0 Å². The summed E-state index contributed by atoms with van der Waals surface area (Å²) >= 11 is 0. The van der Waals surface area contributed by atoms with Crippen molar-refractivity contribution in [2.45, 2.75) is 59.0 Å². The number of carbonyl (C=O) groups excluding carboxylic acids is 1. The van der Waals surface area contributed by atoms with Gasteiger partial charge < -0.3 is 9.64 Å². The molecule has 0 aromatic heterocycles. The predicted octanol–water partition coefficient (Wildman–Crippen LogP) is 5.05. The Morgan fingerprint density at radius 2 is 1.91 bits per heavy atom. The average molecular weight is 315 g/mol. The molecule has 3 nitrogen and oxygen atoms in total. The molecular weight excluding hydrogens is 286 g/mol. The Kier molecular flexibility index (Phi) is 5.86. The van der Waals surface area contributed by atoms with Crippen LogP contribution in [0.4, 0.5) is 4.79 Å². The van der Waals surface area contributed by atoms with Gasteiger partial charge in [-0.1, -0.05) is 43.7 Å². The predicted molar refractivity (Wildman–Crippen MR) is 95.5 cm³/mol. The summed E-state index contributed by atoms with van der Waals surface area (Å²) in [7, 11) is 0. The van der Waals surface area contributed by atoms with Crippen LogP contribution in [0, 0.1) is 0 Å². The summed E-state index contributed by atoms with van der Waals surface area (Å²) in [6.07, 6.45) is 6.44. The fourth-order valence-corrected chi connectivity index (χ4v) is 2.69. The van der Waals surface area contributed by atoms with Gasteiger partial charge in [0, 0.05) is 13.1 Å². The minimum atomic E-state index is -0.435. The van der Waals surface area contributed by atoms with E-state index in [1.165, 1.54) is 29.5 Å². The number of amides is 1. The molecule has 1 aromatic rings. The van der Waals surface area contributed by atoms with E-state index in [0.29, 0.717) is 6.54 Å². The monoisotopic (exact) mass is 315 g/mol. The van der Waals surface area contributed by atoms with E-state index < -0.39 is 5.60 Å². The molecule has 2 rings (SSSR count). The Bertz CT molecular complexity index is 552. The summed E-state index contributed by atoms with van der Waals surface area (Å²) in [6, 6.07) is 8.87. The molecule has 0 atom stereocenters. The molecule has 1 aliphatic heterocycles. The lowest BCUT2D eigenvalue weighted by Gasteiger charge is -2.29. The Balaban J connectivity index is 1.94. The lowest BCUT2D eigenvalue weighted by Crippen LogP contribution is -2.39. The third-order valence-corrected chi connectivity index (χ3v) is 4.00. The van der Waals surface area contributed by atoms with Crippen molar-refractivity contribution in [1.82, 2.24) is 4.90 Å². The smallest absolute Gasteiger partial charge is 0.410 e. The van der Waals surface area contributed by atoms with Crippen LogP contribution in [0.5, 0.6) is 0 Å². The summed E-state index contributed by atoms with van der Waals surface area (Å²) in [5.41, 5.74) is 3.57. The molecule has 0 spiro atoms. The van der Waals surface area contributed by atoms with E-state index >= 15 is 0 Å². The third kappa shape index (κ3) is 5.42. The number of rotatable bonds is 4. The van der Waals surface area contributed by atoms with Gasteiger partial charge in [0.2, 0.25) is 0 Å². The maximum absolute atomic E-state index is 12.1. The molecule has 0 fully saturated rings. The van der Waals surface area contributed by atoms with Crippen molar-refractivity contribution in [1.29, 1.82) is 0 Å². The van der Waals surface area contributed by atoms with Crippen LogP contribution < -0.4 is 0 Å². The zero-order valence-corrected chi connectivity index (χ0v) is 14.9. The third-order valence-electron chi connectivity index (χ3n) is 4.00. The van der Waals surface area contributed by atoms with Crippen molar-refractivity contribution in [3.63, 3.8) is 0 Å². The van der Waals surface area contributed by atoms with E-state index in [1.54, 1.807) is 4.90 Å². The topological polar surface area (TPSA) is 29.5 Å². The molecule has 0 N–H and O–H groups in total. The van der Waals surface area contributed by atoms with Crippen LogP contribution in [0.3, 0.4) is 0 Å². The van der Waals surface area contributed by atoms with Crippen LogP contribution in [-0.4, -0.2) is 29.7 Å². The Morgan fingerprint density at radius 3 is 2.43 bits per heavy atom. The maximum atomic E-state index is 12.1. The summed E-state index contributed by atoms with van der Waals surface area (Å²) < 4.78 is 5.43. The minimum Gasteiger partial charge on any atom is -0.444 e. The van der Waals surface area contributed by atoms with E-state index in [-0.39, 0.29) is 6.09 Å². The van der Waals surface area contributed by atoms with Gasteiger partial charge in [-0.2, -0.15) is 0 Å². The van der Waals surface area contributed by atoms with E-state index in [9.17, 15) is 4.79 Å². The number of ether oxygens (including phenoxy) is 1. The summed E-state index contributed by atoms with van der Waals surface area (Å²) in [4.78, 5) is 13.8. The first-order chi connectivity index (χ1) is 10.9. The van der Waals surface area contributed by atoms with Crippen LogP contribution in [-0.2, 0) is 11.2 Å². The molecule has 1 aromatic carbocycles. The number of nitrogens with zero attached hydrogens (tertiary/aromatic N) is 1. The van der Waals surface area contributed by atoms with Gasteiger partial charge in [0.15, 0.2) is 0 Å². The van der Waals surface area contributed by atoms with Crippen molar-refractivity contribution in [2.24, 2.45) is 0 Å². The highest BCUT2D eigenvalue weighted by Gasteiger charge is 2.23. The lowest BCUT2D eigenvalue weighted by atomic mass is 9.97.